The summed E-state index contributed by atoms with van der Waals surface area (Å²) in [4.78, 5) is 11.3. The number of halogens is 2. The minimum Gasteiger partial charge on any atom is -0.481 e. The molecule has 1 rings (SSSR count). The summed E-state index contributed by atoms with van der Waals surface area (Å²) in [6.07, 6.45) is 1.20. The number of carbonyl (C=O) groups is 1. The van der Waals surface area contributed by atoms with E-state index < -0.39 is 23.5 Å². The topological polar surface area (TPSA) is 63.3 Å². The molecule has 0 aliphatic carbocycles. The molecule has 0 aliphatic heterocycles. The van der Waals surface area contributed by atoms with Gasteiger partial charge in [0, 0.05) is 6.07 Å². The SMILES string of the molecule is CCC(CC)C(C(=O)O)c1cc(F)cc(F)c1N. The predicted molar refractivity (Wildman–Crippen MR) is 65.2 cm³/mol. The molecule has 1 aromatic carbocycles. The Bertz CT molecular complexity index is 445. The zero-order chi connectivity index (χ0) is 13.9. The largest absolute Gasteiger partial charge is 0.481 e. The lowest BCUT2D eigenvalue weighted by molar-refractivity contribution is -0.140. The van der Waals surface area contributed by atoms with Crippen LogP contribution in [0.3, 0.4) is 0 Å². The van der Waals surface area contributed by atoms with Gasteiger partial charge in [0.25, 0.3) is 0 Å². The van der Waals surface area contributed by atoms with Crippen LogP contribution in [0.2, 0.25) is 0 Å². The first-order valence-electron chi connectivity index (χ1n) is 5.89. The van der Waals surface area contributed by atoms with E-state index in [0.29, 0.717) is 18.9 Å². The highest BCUT2D eigenvalue weighted by atomic mass is 19.1. The van der Waals surface area contributed by atoms with Crippen LogP contribution in [0.5, 0.6) is 0 Å². The van der Waals surface area contributed by atoms with Gasteiger partial charge in [0.2, 0.25) is 0 Å². The summed E-state index contributed by atoms with van der Waals surface area (Å²) in [6, 6.07) is 1.67. The van der Waals surface area contributed by atoms with Crippen LogP contribution in [0.15, 0.2) is 12.1 Å². The van der Waals surface area contributed by atoms with E-state index in [9.17, 15) is 18.7 Å². The second-order valence-corrected chi connectivity index (χ2v) is 4.28. The first kappa shape index (κ1) is 14.4. The van der Waals surface area contributed by atoms with Crippen molar-refractivity contribution < 1.29 is 18.7 Å². The first-order chi connectivity index (χ1) is 8.42. The molecule has 1 aromatic rings. The summed E-state index contributed by atoms with van der Waals surface area (Å²) < 4.78 is 26.6. The van der Waals surface area contributed by atoms with Crippen molar-refractivity contribution in [3.63, 3.8) is 0 Å². The number of anilines is 1. The van der Waals surface area contributed by atoms with E-state index in [1.54, 1.807) is 0 Å². The monoisotopic (exact) mass is 257 g/mol. The molecule has 0 radical (unpaired) electrons. The quantitative estimate of drug-likeness (QED) is 0.796. The van der Waals surface area contributed by atoms with Gasteiger partial charge < -0.3 is 10.8 Å². The van der Waals surface area contributed by atoms with E-state index >= 15 is 0 Å². The van der Waals surface area contributed by atoms with Crippen LogP contribution in [0.25, 0.3) is 0 Å². The minimum atomic E-state index is -1.11. The Morgan fingerprint density at radius 3 is 2.33 bits per heavy atom. The van der Waals surface area contributed by atoms with Crippen LogP contribution in [0.1, 0.15) is 38.2 Å². The number of carboxylic acids is 1. The smallest absolute Gasteiger partial charge is 0.311 e. The van der Waals surface area contributed by atoms with E-state index in [2.05, 4.69) is 0 Å². The van der Waals surface area contributed by atoms with Gasteiger partial charge in [-0.1, -0.05) is 26.7 Å². The lowest BCUT2D eigenvalue weighted by Gasteiger charge is -2.23. The van der Waals surface area contributed by atoms with Gasteiger partial charge in [0.05, 0.1) is 11.6 Å². The second-order valence-electron chi connectivity index (χ2n) is 4.28. The molecule has 0 saturated carbocycles. The molecule has 1 unspecified atom stereocenters. The fraction of sp³-hybridized carbons (Fsp3) is 0.462. The standard InChI is InChI=1S/C13H17F2NO2/c1-3-7(4-2)11(13(17)18)9-5-8(14)6-10(15)12(9)16/h5-7,11H,3-4,16H2,1-2H3,(H,17,18). The Hall–Kier alpha value is -1.65. The summed E-state index contributed by atoms with van der Waals surface area (Å²) in [7, 11) is 0. The van der Waals surface area contributed by atoms with Crippen LogP contribution >= 0.6 is 0 Å². The van der Waals surface area contributed by atoms with Crippen molar-refractivity contribution in [1.82, 2.24) is 0 Å². The molecule has 18 heavy (non-hydrogen) atoms. The van der Waals surface area contributed by atoms with Gasteiger partial charge in [-0.25, -0.2) is 8.78 Å². The maximum absolute atomic E-state index is 13.4. The number of hydrogen-bond acceptors (Lipinski definition) is 2. The lowest BCUT2D eigenvalue weighted by Crippen LogP contribution is -2.22. The molecule has 3 N–H and O–H groups in total. The molecule has 0 amide bonds. The second kappa shape index (κ2) is 5.80. The highest BCUT2D eigenvalue weighted by molar-refractivity contribution is 5.79. The molecule has 0 aliphatic rings. The zero-order valence-corrected chi connectivity index (χ0v) is 10.4. The minimum absolute atomic E-state index is 0.0219. The van der Waals surface area contributed by atoms with Crippen molar-refractivity contribution in [3.8, 4) is 0 Å². The zero-order valence-electron chi connectivity index (χ0n) is 10.4. The van der Waals surface area contributed by atoms with Crippen molar-refractivity contribution in [3.05, 3.63) is 29.3 Å². The van der Waals surface area contributed by atoms with E-state index in [1.165, 1.54) is 0 Å². The highest BCUT2D eigenvalue weighted by Crippen LogP contribution is 2.34. The van der Waals surface area contributed by atoms with Crippen LogP contribution < -0.4 is 5.73 Å². The summed E-state index contributed by atoms with van der Waals surface area (Å²) in [5.74, 6) is -4.02. The molecule has 5 heteroatoms. The number of rotatable bonds is 5. The van der Waals surface area contributed by atoms with Gasteiger partial charge in [-0.2, -0.15) is 0 Å². The number of hydrogen-bond donors (Lipinski definition) is 2. The van der Waals surface area contributed by atoms with Gasteiger partial charge in [-0.05, 0) is 17.5 Å². The predicted octanol–water partition coefficient (Wildman–Crippen LogP) is 3.15. The molecule has 0 bridgehead atoms. The average Bonchev–Trinajstić information content (AvgIpc) is 2.30. The van der Waals surface area contributed by atoms with Crippen LogP contribution in [0, 0.1) is 17.6 Å². The Kier molecular flexibility index (Phi) is 4.64. The maximum Gasteiger partial charge on any atom is 0.311 e. The van der Waals surface area contributed by atoms with Crippen molar-refractivity contribution in [1.29, 1.82) is 0 Å². The summed E-state index contributed by atoms with van der Waals surface area (Å²) in [6.45, 7) is 3.69. The van der Waals surface area contributed by atoms with Gasteiger partial charge in [-0.3, -0.25) is 4.79 Å². The molecule has 0 fully saturated rings. The van der Waals surface area contributed by atoms with Crippen molar-refractivity contribution in [2.75, 3.05) is 5.73 Å². The van der Waals surface area contributed by atoms with E-state index in [4.69, 9.17) is 5.73 Å². The summed E-state index contributed by atoms with van der Waals surface area (Å²) in [5, 5.41) is 9.27. The van der Waals surface area contributed by atoms with Gasteiger partial charge in [0.1, 0.15) is 11.6 Å². The fourth-order valence-corrected chi connectivity index (χ4v) is 2.21. The van der Waals surface area contributed by atoms with E-state index in [-0.39, 0.29) is 17.2 Å². The lowest BCUT2D eigenvalue weighted by atomic mass is 9.82. The Labute approximate surface area is 105 Å². The highest BCUT2D eigenvalue weighted by Gasteiger charge is 2.30. The van der Waals surface area contributed by atoms with Crippen LogP contribution in [-0.4, -0.2) is 11.1 Å². The molecule has 0 heterocycles. The molecular weight excluding hydrogens is 240 g/mol. The Morgan fingerprint density at radius 1 is 1.33 bits per heavy atom. The molecular formula is C13H17F2NO2. The summed E-state index contributed by atoms with van der Waals surface area (Å²) >= 11 is 0. The molecule has 0 spiro atoms. The van der Waals surface area contributed by atoms with Crippen molar-refractivity contribution >= 4 is 11.7 Å². The van der Waals surface area contributed by atoms with E-state index in [0.717, 1.165) is 6.07 Å². The third kappa shape index (κ3) is 2.78. The van der Waals surface area contributed by atoms with Gasteiger partial charge in [-0.15, -0.1) is 0 Å². The Morgan fingerprint density at radius 2 is 1.89 bits per heavy atom. The van der Waals surface area contributed by atoms with Gasteiger partial charge in [0.15, 0.2) is 0 Å². The van der Waals surface area contributed by atoms with Crippen LogP contribution in [0.4, 0.5) is 14.5 Å². The molecule has 0 saturated heterocycles. The van der Waals surface area contributed by atoms with Crippen molar-refractivity contribution in [2.24, 2.45) is 5.92 Å². The Balaban J connectivity index is 3.34. The van der Waals surface area contributed by atoms with Gasteiger partial charge >= 0.3 is 5.97 Å². The third-order valence-electron chi connectivity index (χ3n) is 3.25. The fourth-order valence-electron chi connectivity index (χ4n) is 2.21. The molecule has 0 aromatic heterocycles. The molecule has 1 atom stereocenters. The number of benzene rings is 1. The average molecular weight is 257 g/mol. The van der Waals surface area contributed by atoms with Crippen LogP contribution in [-0.2, 0) is 4.79 Å². The third-order valence-corrected chi connectivity index (χ3v) is 3.25. The molecule has 3 nitrogen and oxygen atoms in total. The number of aliphatic carboxylic acids is 1. The normalized spacial score (nSPS) is 12.7. The first-order valence-corrected chi connectivity index (χ1v) is 5.89. The van der Waals surface area contributed by atoms with E-state index in [1.807, 2.05) is 13.8 Å². The summed E-state index contributed by atoms with van der Waals surface area (Å²) in [5.41, 5.74) is 5.27. The van der Waals surface area contributed by atoms with Crippen molar-refractivity contribution in [2.45, 2.75) is 32.6 Å². The number of carboxylic acid groups (broad SMARTS) is 1. The number of nitrogen functional groups attached to an aromatic ring is 1. The maximum atomic E-state index is 13.4. The molecule has 100 valence electrons. The number of nitrogens with two attached hydrogens (primary N) is 1.